The molecule has 5 saturated carbocycles. The Hall–Kier alpha value is -0.570. The Morgan fingerprint density at radius 2 is 1.70 bits per heavy atom. The largest absolute Gasteiger partial charge is 0.370 e. The maximum atomic E-state index is 11.7. The van der Waals surface area contributed by atoms with Crippen molar-refractivity contribution in [2.75, 3.05) is 6.54 Å². The zero-order valence-corrected chi connectivity index (χ0v) is 12.6. The van der Waals surface area contributed by atoms with E-state index < -0.39 is 0 Å². The van der Waals surface area contributed by atoms with Crippen LogP contribution in [0.2, 0.25) is 0 Å². The monoisotopic (exact) mass is 277 g/mol. The first-order chi connectivity index (χ1) is 9.62. The number of rotatable bonds is 5. The molecule has 5 rings (SSSR count). The topological polar surface area (TPSA) is 38.3 Å². The minimum atomic E-state index is 0.161. The van der Waals surface area contributed by atoms with Gasteiger partial charge in [-0.2, -0.15) is 0 Å². The van der Waals surface area contributed by atoms with Crippen molar-refractivity contribution in [3.8, 4) is 0 Å². The van der Waals surface area contributed by atoms with Crippen molar-refractivity contribution in [1.29, 1.82) is 0 Å². The minimum Gasteiger partial charge on any atom is -0.370 e. The molecule has 5 fully saturated rings. The molecule has 3 nitrogen and oxygen atoms in total. The van der Waals surface area contributed by atoms with Gasteiger partial charge in [-0.3, -0.25) is 4.79 Å². The van der Waals surface area contributed by atoms with Crippen molar-refractivity contribution in [3.63, 3.8) is 0 Å². The quantitative estimate of drug-likeness (QED) is 0.839. The third-order valence-electron chi connectivity index (χ3n) is 5.95. The summed E-state index contributed by atoms with van der Waals surface area (Å²) in [5.41, 5.74) is 0.165. The molecule has 0 heterocycles. The normalized spacial score (nSPS) is 43.5. The van der Waals surface area contributed by atoms with Crippen LogP contribution in [0.4, 0.5) is 0 Å². The molecule has 0 unspecified atom stereocenters. The fourth-order valence-corrected chi connectivity index (χ4v) is 5.38. The molecule has 0 aromatic heterocycles. The molecule has 112 valence electrons. The van der Waals surface area contributed by atoms with E-state index in [1.54, 1.807) is 0 Å². The second-order valence-electron chi connectivity index (χ2n) is 8.05. The van der Waals surface area contributed by atoms with Crippen molar-refractivity contribution in [1.82, 2.24) is 5.32 Å². The highest BCUT2D eigenvalue weighted by molar-refractivity contribution is 5.80. The summed E-state index contributed by atoms with van der Waals surface area (Å²) in [4.78, 5) is 11.7. The van der Waals surface area contributed by atoms with Crippen LogP contribution in [0.5, 0.6) is 0 Å². The molecule has 5 aliphatic carbocycles. The molecule has 0 aromatic carbocycles. The van der Waals surface area contributed by atoms with Crippen LogP contribution in [-0.2, 0) is 9.53 Å². The molecule has 20 heavy (non-hydrogen) atoms. The summed E-state index contributed by atoms with van der Waals surface area (Å²) in [5.74, 6) is 3.33. The maximum Gasteiger partial charge on any atom is 0.223 e. The summed E-state index contributed by atoms with van der Waals surface area (Å²) < 4.78 is 6.49. The molecular formula is C17H27NO2. The summed E-state index contributed by atoms with van der Waals surface area (Å²) in [7, 11) is 0. The van der Waals surface area contributed by atoms with Crippen LogP contribution < -0.4 is 5.32 Å². The fourth-order valence-electron chi connectivity index (χ4n) is 5.38. The third kappa shape index (κ3) is 2.49. The van der Waals surface area contributed by atoms with E-state index in [1.165, 1.54) is 38.5 Å². The summed E-state index contributed by atoms with van der Waals surface area (Å²) in [6.45, 7) is 2.82. The number of carbonyl (C=O) groups is 1. The molecule has 1 N–H and O–H groups in total. The van der Waals surface area contributed by atoms with Crippen molar-refractivity contribution in [2.24, 2.45) is 23.7 Å². The summed E-state index contributed by atoms with van der Waals surface area (Å²) in [6, 6.07) is 0. The van der Waals surface area contributed by atoms with Gasteiger partial charge in [0.1, 0.15) is 0 Å². The molecule has 0 saturated heterocycles. The van der Waals surface area contributed by atoms with E-state index in [0.29, 0.717) is 12.5 Å². The first-order valence-corrected chi connectivity index (χ1v) is 8.57. The van der Waals surface area contributed by atoms with Crippen LogP contribution in [-0.4, -0.2) is 24.2 Å². The summed E-state index contributed by atoms with van der Waals surface area (Å²) in [5, 5.41) is 3.06. The van der Waals surface area contributed by atoms with Gasteiger partial charge in [-0.15, -0.1) is 0 Å². The summed E-state index contributed by atoms with van der Waals surface area (Å²) in [6.07, 6.45) is 10.5. The molecule has 0 spiro atoms. The zero-order valence-electron chi connectivity index (χ0n) is 12.6. The van der Waals surface area contributed by atoms with Gasteiger partial charge in [0.25, 0.3) is 0 Å². The number of hydrogen-bond acceptors (Lipinski definition) is 2. The SMILES string of the molecule is C[C@H](CNC(=O)C1CC1)OC12CC3CC(CC(C3)C1)C2. The van der Waals surface area contributed by atoms with Crippen molar-refractivity contribution in [3.05, 3.63) is 0 Å². The lowest BCUT2D eigenvalue weighted by atomic mass is 9.54. The lowest BCUT2D eigenvalue weighted by Gasteiger charge is -2.57. The lowest BCUT2D eigenvalue weighted by molar-refractivity contribution is -0.183. The Balaban J connectivity index is 1.32. The molecular weight excluding hydrogens is 250 g/mol. The lowest BCUT2D eigenvalue weighted by Crippen LogP contribution is -2.54. The zero-order chi connectivity index (χ0) is 13.7. The van der Waals surface area contributed by atoms with Crippen LogP contribution in [0.1, 0.15) is 58.3 Å². The first-order valence-electron chi connectivity index (χ1n) is 8.57. The van der Waals surface area contributed by atoms with E-state index in [0.717, 1.165) is 30.6 Å². The molecule has 5 aliphatic rings. The van der Waals surface area contributed by atoms with Gasteiger partial charge < -0.3 is 10.1 Å². The average molecular weight is 277 g/mol. The molecule has 3 heteroatoms. The smallest absolute Gasteiger partial charge is 0.223 e. The van der Waals surface area contributed by atoms with Crippen LogP contribution in [0.15, 0.2) is 0 Å². The van der Waals surface area contributed by atoms with Crippen LogP contribution in [0.3, 0.4) is 0 Å². The highest BCUT2D eigenvalue weighted by Crippen LogP contribution is 2.57. The van der Waals surface area contributed by atoms with Crippen molar-refractivity contribution < 1.29 is 9.53 Å². The fraction of sp³-hybridized carbons (Fsp3) is 0.941. The highest BCUT2D eigenvalue weighted by Gasteiger charge is 2.52. The second kappa shape index (κ2) is 4.72. The molecule has 0 radical (unpaired) electrons. The van der Waals surface area contributed by atoms with E-state index in [-0.39, 0.29) is 17.6 Å². The van der Waals surface area contributed by atoms with E-state index in [4.69, 9.17) is 4.74 Å². The Bertz CT molecular complexity index is 367. The van der Waals surface area contributed by atoms with Crippen molar-refractivity contribution in [2.45, 2.75) is 70.0 Å². The van der Waals surface area contributed by atoms with Gasteiger partial charge in [-0.25, -0.2) is 0 Å². The van der Waals surface area contributed by atoms with Gasteiger partial charge in [0.05, 0.1) is 11.7 Å². The number of nitrogens with one attached hydrogen (secondary N) is 1. The second-order valence-corrected chi connectivity index (χ2v) is 8.05. The van der Waals surface area contributed by atoms with Gasteiger partial charge in [0.15, 0.2) is 0 Å². The van der Waals surface area contributed by atoms with Gasteiger partial charge in [-0.05, 0) is 76.0 Å². The van der Waals surface area contributed by atoms with Gasteiger partial charge in [0, 0.05) is 12.5 Å². The van der Waals surface area contributed by atoms with E-state index in [1.807, 2.05) is 0 Å². The Morgan fingerprint density at radius 3 is 2.20 bits per heavy atom. The number of ether oxygens (including phenoxy) is 1. The minimum absolute atomic E-state index is 0.161. The Kier molecular flexibility index (Phi) is 3.10. The number of amides is 1. The van der Waals surface area contributed by atoms with Crippen molar-refractivity contribution >= 4 is 5.91 Å². The Morgan fingerprint density at radius 1 is 1.15 bits per heavy atom. The van der Waals surface area contributed by atoms with Gasteiger partial charge in [0.2, 0.25) is 5.91 Å². The van der Waals surface area contributed by atoms with Crippen LogP contribution in [0.25, 0.3) is 0 Å². The molecule has 0 aliphatic heterocycles. The molecule has 1 atom stereocenters. The predicted molar refractivity (Wildman–Crippen MR) is 77.2 cm³/mol. The first kappa shape index (κ1) is 13.1. The molecule has 0 aromatic rings. The molecule has 1 amide bonds. The van der Waals surface area contributed by atoms with Gasteiger partial charge >= 0.3 is 0 Å². The Labute approximate surface area is 121 Å². The van der Waals surface area contributed by atoms with E-state index >= 15 is 0 Å². The predicted octanol–water partition coefficient (Wildman–Crippen LogP) is 2.89. The highest BCUT2D eigenvalue weighted by atomic mass is 16.5. The van der Waals surface area contributed by atoms with E-state index in [9.17, 15) is 4.79 Å². The average Bonchev–Trinajstić information content (AvgIpc) is 3.17. The van der Waals surface area contributed by atoms with Crippen LogP contribution in [0, 0.1) is 23.7 Å². The standard InChI is InChI=1S/C17H27NO2/c1-11(10-18-16(19)15-2-3-15)20-17-7-12-4-13(8-17)6-14(5-12)9-17/h11-15H,2-10H2,1H3,(H,18,19)/t11-,12?,13?,14?,17?/m1/s1. The van der Waals surface area contributed by atoms with Gasteiger partial charge in [-0.1, -0.05) is 0 Å². The summed E-state index contributed by atoms with van der Waals surface area (Å²) >= 11 is 0. The number of carbonyl (C=O) groups excluding carboxylic acids is 1. The third-order valence-corrected chi connectivity index (χ3v) is 5.95. The number of hydrogen-bond donors (Lipinski definition) is 1. The molecule has 4 bridgehead atoms. The maximum absolute atomic E-state index is 11.7. The van der Waals surface area contributed by atoms with Crippen LogP contribution >= 0.6 is 0 Å². The van der Waals surface area contributed by atoms with E-state index in [2.05, 4.69) is 12.2 Å².